The molecule has 2 aromatic heterocycles. The second kappa shape index (κ2) is 8.62. The van der Waals surface area contributed by atoms with Crippen molar-refractivity contribution >= 4 is 5.78 Å². The first-order chi connectivity index (χ1) is 14.3. The molecule has 7 nitrogen and oxygen atoms in total. The first kappa shape index (κ1) is 20.8. The van der Waals surface area contributed by atoms with E-state index in [1.54, 1.807) is 24.5 Å². The lowest BCUT2D eigenvalue weighted by Crippen LogP contribution is -2.28. The standard InChI is InChI=1S/C23H21N3O4/c1-14-6-4-7-15(2)21(14)30-13-19(27)20-16(3)18(10-24)22(28)26(23(20)29)12-17-8-5-9-25-11-17/h4-9,11,29H,12-13H2,1-3H3. The van der Waals surface area contributed by atoms with Gasteiger partial charge in [0, 0.05) is 12.4 Å². The maximum atomic E-state index is 12.9. The van der Waals surface area contributed by atoms with Gasteiger partial charge in [0.1, 0.15) is 17.4 Å². The van der Waals surface area contributed by atoms with E-state index in [4.69, 9.17) is 4.74 Å². The van der Waals surface area contributed by atoms with Gasteiger partial charge in [0.25, 0.3) is 5.56 Å². The van der Waals surface area contributed by atoms with Gasteiger partial charge in [-0.2, -0.15) is 5.26 Å². The average Bonchev–Trinajstić information content (AvgIpc) is 2.72. The summed E-state index contributed by atoms with van der Waals surface area (Å²) in [6.07, 6.45) is 3.13. The Morgan fingerprint density at radius 2 is 1.90 bits per heavy atom. The molecule has 7 heteroatoms. The van der Waals surface area contributed by atoms with Crippen LogP contribution in [-0.4, -0.2) is 27.0 Å². The fraction of sp³-hybridized carbons (Fsp3) is 0.217. The van der Waals surface area contributed by atoms with E-state index in [0.29, 0.717) is 11.3 Å². The van der Waals surface area contributed by atoms with E-state index in [9.17, 15) is 20.0 Å². The number of hydrogen-bond donors (Lipinski definition) is 1. The van der Waals surface area contributed by atoms with Crippen LogP contribution in [0.4, 0.5) is 0 Å². The monoisotopic (exact) mass is 403 g/mol. The van der Waals surface area contributed by atoms with Crippen LogP contribution in [0.25, 0.3) is 0 Å². The minimum Gasteiger partial charge on any atom is -0.494 e. The van der Waals surface area contributed by atoms with Crippen LogP contribution in [0.1, 0.15) is 38.2 Å². The first-order valence-electron chi connectivity index (χ1n) is 9.32. The molecule has 1 aromatic carbocycles. The smallest absolute Gasteiger partial charge is 0.271 e. The van der Waals surface area contributed by atoms with Gasteiger partial charge in [0.05, 0.1) is 12.1 Å². The highest BCUT2D eigenvalue weighted by atomic mass is 16.5. The number of rotatable bonds is 6. The fourth-order valence-corrected chi connectivity index (χ4v) is 3.34. The zero-order valence-electron chi connectivity index (χ0n) is 17.0. The van der Waals surface area contributed by atoms with Crippen molar-refractivity contribution in [3.8, 4) is 17.7 Å². The van der Waals surface area contributed by atoms with E-state index in [1.807, 2.05) is 38.1 Å². The number of carbonyl (C=O) groups is 1. The van der Waals surface area contributed by atoms with Crippen LogP contribution >= 0.6 is 0 Å². The van der Waals surface area contributed by atoms with E-state index in [1.165, 1.54) is 6.92 Å². The molecule has 0 unspecified atom stereocenters. The maximum Gasteiger partial charge on any atom is 0.271 e. The minimum absolute atomic E-state index is 0.0223. The highest BCUT2D eigenvalue weighted by Crippen LogP contribution is 2.25. The summed E-state index contributed by atoms with van der Waals surface area (Å²) in [6, 6.07) is 10.9. The van der Waals surface area contributed by atoms with Crippen LogP contribution < -0.4 is 10.3 Å². The number of Topliss-reactive ketones (excluding diaryl/α,β-unsaturated/α-hetero) is 1. The molecule has 0 atom stereocenters. The zero-order valence-corrected chi connectivity index (χ0v) is 17.0. The lowest BCUT2D eigenvalue weighted by molar-refractivity contribution is 0.0915. The molecule has 0 bridgehead atoms. The van der Waals surface area contributed by atoms with Gasteiger partial charge in [0.15, 0.2) is 6.61 Å². The Balaban J connectivity index is 2.01. The summed E-state index contributed by atoms with van der Waals surface area (Å²) in [5, 5.41) is 20.2. The van der Waals surface area contributed by atoms with Crippen molar-refractivity contribution in [1.82, 2.24) is 9.55 Å². The van der Waals surface area contributed by atoms with Crippen molar-refractivity contribution in [2.45, 2.75) is 27.3 Å². The molecule has 2 heterocycles. The predicted molar refractivity (Wildman–Crippen MR) is 111 cm³/mol. The molecule has 0 amide bonds. The van der Waals surface area contributed by atoms with E-state index < -0.39 is 17.2 Å². The number of ketones is 1. The quantitative estimate of drug-likeness (QED) is 0.634. The Bertz CT molecular complexity index is 1190. The van der Waals surface area contributed by atoms with Gasteiger partial charge in [-0.05, 0) is 49.1 Å². The van der Waals surface area contributed by atoms with Gasteiger partial charge in [-0.1, -0.05) is 24.3 Å². The Hall–Kier alpha value is -3.92. The zero-order chi connectivity index (χ0) is 21.8. The SMILES string of the molecule is Cc1cccc(C)c1OCC(=O)c1c(C)c(C#N)c(=O)n(Cc2cccnc2)c1O. The Morgan fingerprint density at radius 3 is 2.50 bits per heavy atom. The number of nitrogens with zero attached hydrogens (tertiary/aromatic N) is 3. The number of ether oxygens (including phenoxy) is 1. The van der Waals surface area contributed by atoms with Crippen LogP contribution in [0.5, 0.6) is 11.6 Å². The summed E-state index contributed by atoms with van der Waals surface area (Å²) in [5.74, 6) is -0.424. The molecule has 0 saturated heterocycles. The van der Waals surface area contributed by atoms with Gasteiger partial charge >= 0.3 is 0 Å². The summed E-state index contributed by atoms with van der Waals surface area (Å²) in [6.45, 7) is 4.86. The number of carbonyl (C=O) groups excluding carboxylic acids is 1. The van der Waals surface area contributed by atoms with Crippen LogP contribution in [0.15, 0.2) is 47.5 Å². The Morgan fingerprint density at radius 1 is 1.20 bits per heavy atom. The molecular formula is C23H21N3O4. The third-order valence-corrected chi connectivity index (χ3v) is 4.90. The highest BCUT2D eigenvalue weighted by molar-refractivity contribution is 6.01. The number of para-hydroxylation sites is 1. The van der Waals surface area contributed by atoms with Crippen molar-refractivity contribution in [1.29, 1.82) is 5.26 Å². The largest absolute Gasteiger partial charge is 0.494 e. The average molecular weight is 403 g/mol. The summed E-state index contributed by atoms with van der Waals surface area (Å²) < 4.78 is 6.72. The Labute approximate surface area is 173 Å². The highest BCUT2D eigenvalue weighted by Gasteiger charge is 2.24. The molecule has 0 fully saturated rings. The van der Waals surface area contributed by atoms with Gasteiger partial charge < -0.3 is 9.84 Å². The molecule has 3 aromatic rings. The third kappa shape index (κ3) is 3.94. The molecule has 0 aliphatic rings. The molecule has 0 spiro atoms. The number of nitriles is 1. The van der Waals surface area contributed by atoms with E-state index in [2.05, 4.69) is 4.98 Å². The van der Waals surface area contributed by atoms with E-state index in [-0.39, 0.29) is 29.8 Å². The van der Waals surface area contributed by atoms with Crippen molar-refractivity contribution in [3.63, 3.8) is 0 Å². The van der Waals surface area contributed by atoms with Gasteiger partial charge in [-0.25, -0.2) is 0 Å². The predicted octanol–water partition coefficient (Wildman–Crippen LogP) is 3.06. The van der Waals surface area contributed by atoms with Gasteiger partial charge in [-0.15, -0.1) is 0 Å². The van der Waals surface area contributed by atoms with Crippen LogP contribution in [-0.2, 0) is 6.54 Å². The fourth-order valence-electron chi connectivity index (χ4n) is 3.34. The number of hydrogen-bond acceptors (Lipinski definition) is 6. The topological polar surface area (TPSA) is 105 Å². The summed E-state index contributed by atoms with van der Waals surface area (Å²) >= 11 is 0. The molecule has 0 saturated carbocycles. The number of aryl methyl sites for hydroxylation is 2. The molecule has 0 aliphatic heterocycles. The normalized spacial score (nSPS) is 10.5. The maximum absolute atomic E-state index is 12.9. The number of aromatic nitrogens is 2. The molecule has 0 radical (unpaired) electrons. The molecule has 30 heavy (non-hydrogen) atoms. The summed E-state index contributed by atoms with van der Waals surface area (Å²) in [5.41, 5.74) is 1.59. The van der Waals surface area contributed by atoms with Crippen molar-refractivity contribution < 1.29 is 14.6 Å². The second-order valence-corrected chi connectivity index (χ2v) is 7.00. The van der Waals surface area contributed by atoms with Crippen molar-refractivity contribution in [2.24, 2.45) is 0 Å². The minimum atomic E-state index is -0.663. The number of benzene rings is 1. The number of pyridine rings is 2. The van der Waals surface area contributed by atoms with Gasteiger partial charge in [0.2, 0.25) is 11.7 Å². The van der Waals surface area contributed by atoms with E-state index >= 15 is 0 Å². The molecule has 1 N–H and O–H groups in total. The van der Waals surface area contributed by atoms with E-state index in [0.717, 1.165) is 15.7 Å². The van der Waals surface area contributed by atoms with Crippen molar-refractivity contribution in [2.75, 3.05) is 6.61 Å². The molecule has 0 aliphatic carbocycles. The second-order valence-electron chi connectivity index (χ2n) is 7.00. The van der Waals surface area contributed by atoms with Crippen LogP contribution in [0.2, 0.25) is 0 Å². The summed E-state index contributed by atoms with van der Waals surface area (Å²) in [4.78, 5) is 29.6. The first-order valence-corrected chi connectivity index (χ1v) is 9.32. The van der Waals surface area contributed by atoms with Crippen LogP contribution in [0, 0.1) is 32.1 Å². The molecule has 152 valence electrons. The Kier molecular flexibility index (Phi) is 5.98. The van der Waals surface area contributed by atoms with Crippen LogP contribution in [0.3, 0.4) is 0 Å². The lowest BCUT2D eigenvalue weighted by Gasteiger charge is -2.16. The summed E-state index contributed by atoms with van der Waals surface area (Å²) in [7, 11) is 0. The number of aromatic hydroxyl groups is 1. The van der Waals surface area contributed by atoms with Crippen molar-refractivity contribution in [3.05, 3.63) is 86.5 Å². The lowest BCUT2D eigenvalue weighted by atomic mass is 10.0. The van der Waals surface area contributed by atoms with Gasteiger partial charge in [-0.3, -0.25) is 19.1 Å². The molecular weight excluding hydrogens is 382 g/mol. The third-order valence-electron chi connectivity index (χ3n) is 4.90. The molecule has 3 rings (SSSR count).